The van der Waals surface area contributed by atoms with Crippen molar-refractivity contribution in [3.8, 4) is 0 Å². The monoisotopic (exact) mass is 377 g/mol. The lowest BCUT2D eigenvalue weighted by Gasteiger charge is -2.21. The van der Waals surface area contributed by atoms with Gasteiger partial charge >= 0.3 is 6.03 Å². The van der Waals surface area contributed by atoms with E-state index >= 15 is 0 Å². The second-order valence-electron chi connectivity index (χ2n) is 6.16. The Bertz CT molecular complexity index is 675. The van der Waals surface area contributed by atoms with Crippen molar-refractivity contribution in [2.45, 2.75) is 38.5 Å². The molecule has 1 rings (SSSR count). The van der Waals surface area contributed by atoms with E-state index in [-0.39, 0.29) is 19.6 Å². The van der Waals surface area contributed by atoms with Gasteiger partial charge in [0.2, 0.25) is 11.8 Å². The number of nitrogens with two attached hydrogens (primary N) is 2. The van der Waals surface area contributed by atoms with Crippen LogP contribution >= 0.6 is 0 Å². The fourth-order valence-corrected chi connectivity index (χ4v) is 2.19. The summed E-state index contributed by atoms with van der Waals surface area (Å²) in [5.74, 6) is -0.936. The molecule has 1 aromatic rings. The maximum Gasteiger partial charge on any atom is 0.312 e. The molecular formula is C18H27N5O4. The quantitative estimate of drug-likeness (QED) is 0.249. The van der Waals surface area contributed by atoms with Crippen molar-refractivity contribution in [3.63, 3.8) is 0 Å². The number of carbonyl (C=O) groups is 3. The Balaban J connectivity index is 2.76. The Morgan fingerprint density at radius 2 is 1.81 bits per heavy atom. The highest BCUT2D eigenvalue weighted by Crippen LogP contribution is 2.11. The molecule has 148 valence electrons. The average Bonchev–Trinajstić information content (AvgIpc) is 2.63. The van der Waals surface area contributed by atoms with Crippen molar-refractivity contribution in [2.24, 2.45) is 11.5 Å². The molecule has 4 amide bonds. The molecule has 2 atom stereocenters. The molecule has 9 nitrogen and oxygen atoms in total. The molecule has 0 saturated heterocycles. The van der Waals surface area contributed by atoms with Crippen LogP contribution in [-0.2, 0) is 16.2 Å². The lowest BCUT2D eigenvalue weighted by molar-refractivity contribution is -0.127. The number of primary amides is 1. The molecule has 0 aliphatic carbocycles. The van der Waals surface area contributed by atoms with Gasteiger partial charge in [-0.3, -0.25) is 9.59 Å². The van der Waals surface area contributed by atoms with Gasteiger partial charge < -0.3 is 32.5 Å². The third-order valence-corrected chi connectivity index (χ3v) is 3.82. The van der Waals surface area contributed by atoms with Gasteiger partial charge in [-0.15, -0.1) is 0 Å². The van der Waals surface area contributed by atoms with Gasteiger partial charge in [-0.05, 0) is 37.5 Å². The summed E-state index contributed by atoms with van der Waals surface area (Å²) in [5.41, 5.74) is 12.5. The minimum Gasteiger partial charge on any atom is -0.392 e. The molecule has 9 heteroatoms. The minimum absolute atomic E-state index is 0.0986. The maximum absolute atomic E-state index is 12.6. The van der Waals surface area contributed by atoms with Crippen LogP contribution in [0.15, 0.2) is 36.4 Å². The van der Waals surface area contributed by atoms with E-state index in [1.165, 1.54) is 0 Å². The van der Waals surface area contributed by atoms with Crippen LogP contribution in [0.2, 0.25) is 0 Å². The van der Waals surface area contributed by atoms with Gasteiger partial charge in [0.1, 0.15) is 12.1 Å². The Hall–Kier alpha value is -2.91. The first-order valence-electron chi connectivity index (χ1n) is 8.50. The highest BCUT2D eigenvalue weighted by Gasteiger charge is 2.24. The van der Waals surface area contributed by atoms with Gasteiger partial charge in [0, 0.05) is 12.2 Å². The van der Waals surface area contributed by atoms with E-state index in [0.717, 1.165) is 0 Å². The summed E-state index contributed by atoms with van der Waals surface area (Å²) in [7, 11) is 0. The van der Waals surface area contributed by atoms with Crippen LogP contribution in [-0.4, -0.2) is 41.6 Å². The fourth-order valence-electron chi connectivity index (χ4n) is 2.19. The van der Waals surface area contributed by atoms with Crippen LogP contribution in [0.5, 0.6) is 0 Å². The van der Waals surface area contributed by atoms with Crippen LogP contribution in [0, 0.1) is 0 Å². The third kappa shape index (κ3) is 7.89. The van der Waals surface area contributed by atoms with Gasteiger partial charge in [-0.25, -0.2) is 4.79 Å². The van der Waals surface area contributed by atoms with Gasteiger partial charge in [0.05, 0.1) is 6.61 Å². The van der Waals surface area contributed by atoms with Gasteiger partial charge in [0.15, 0.2) is 0 Å². The molecule has 0 spiro atoms. The van der Waals surface area contributed by atoms with E-state index in [4.69, 9.17) is 16.6 Å². The van der Waals surface area contributed by atoms with Crippen LogP contribution in [0.4, 0.5) is 10.5 Å². The van der Waals surface area contributed by atoms with Crippen LogP contribution < -0.4 is 27.4 Å². The van der Waals surface area contributed by atoms with Crippen LogP contribution in [0.1, 0.15) is 25.3 Å². The molecule has 1 aromatic carbocycles. The zero-order valence-electron chi connectivity index (χ0n) is 15.3. The van der Waals surface area contributed by atoms with Gasteiger partial charge in [-0.1, -0.05) is 24.3 Å². The van der Waals surface area contributed by atoms with Gasteiger partial charge in [-0.2, -0.15) is 0 Å². The first kappa shape index (κ1) is 22.1. The van der Waals surface area contributed by atoms with E-state index in [0.29, 0.717) is 23.2 Å². The molecule has 0 saturated carbocycles. The number of benzene rings is 1. The molecule has 0 bridgehead atoms. The number of carbonyl (C=O) groups excluding carboxylic acids is 3. The minimum atomic E-state index is -0.923. The number of rotatable bonds is 10. The summed E-state index contributed by atoms with van der Waals surface area (Å²) < 4.78 is 0. The van der Waals surface area contributed by atoms with E-state index in [2.05, 4.69) is 22.5 Å². The topological polar surface area (TPSA) is 160 Å². The number of aliphatic hydroxyl groups excluding tert-OH is 1. The largest absolute Gasteiger partial charge is 0.392 e. The van der Waals surface area contributed by atoms with Gasteiger partial charge in [0.25, 0.3) is 0 Å². The molecule has 0 unspecified atom stereocenters. The van der Waals surface area contributed by atoms with Crippen molar-refractivity contribution in [1.82, 2.24) is 10.6 Å². The number of hydrogen-bond donors (Lipinski definition) is 6. The SMILES string of the molecule is C=C(C)[C@H](N)C(=O)N[C@@H](CCCNC(N)=O)C(=O)Nc1ccc(CO)cc1. The van der Waals surface area contributed by atoms with Crippen molar-refractivity contribution in [3.05, 3.63) is 42.0 Å². The lowest BCUT2D eigenvalue weighted by Crippen LogP contribution is -2.50. The van der Waals surface area contributed by atoms with E-state index < -0.39 is 29.9 Å². The summed E-state index contributed by atoms with van der Waals surface area (Å²) in [4.78, 5) is 35.5. The van der Waals surface area contributed by atoms with Crippen molar-refractivity contribution >= 4 is 23.5 Å². The standard InChI is InChI=1S/C18H27N5O4/c1-11(2)15(19)17(26)23-14(4-3-9-21-18(20)27)16(25)22-13-7-5-12(10-24)6-8-13/h5-8,14-15,24H,1,3-4,9-10,19H2,2H3,(H,22,25)(H,23,26)(H3,20,21,27)/t14-,15-/m0/s1. The summed E-state index contributed by atoms with van der Waals surface area (Å²) in [6, 6.07) is 4.22. The second-order valence-corrected chi connectivity index (χ2v) is 6.16. The average molecular weight is 377 g/mol. The maximum atomic E-state index is 12.6. The molecule has 0 fully saturated rings. The first-order valence-corrected chi connectivity index (χ1v) is 8.50. The van der Waals surface area contributed by atoms with Crippen molar-refractivity contribution in [2.75, 3.05) is 11.9 Å². The highest BCUT2D eigenvalue weighted by atomic mass is 16.3. The van der Waals surface area contributed by atoms with Crippen molar-refractivity contribution in [1.29, 1.82) is 0 Å². The molecule has 8 N–H and O–H groups in total. The normalized spacial score (nSPS) is 12.6. The Kier molecular flexibility index (Phi) is 8.97. The van der Waals surface area contributed by atoms with Crippen LogP contribution in [0.3, 0.4) is 0 Å². The second kappa shape index (κ2) is 10.9. The molecule has 0 aliphatic rings. The molecule has 0 aromatic heterocycles. The summed E-state index contributed by atoms with van der Waals surface area (Å²) >= 11 is 0. The predicted octanol–water partition coefficient (Wildman–Crippen LogP) is -0.0459. The zero-order valence-corrected chi connectivity index (χ0v) is 15.3. The number of urea groups is 1. The molecule has 27 heavy (non-hydrogen) atoms. The Morgan fingerprint density at radius 3 is 2.33 bits per heavy atom. The molecule has 0 radical (unpaired) electrons. The first-order chi connectivity index (χ1) is 12.7. The fraction of sp³-hybridized carbons (Fsp3) is 0.389. The number of amides is 4. The molecule has 0 heterocycles. The third-order valence-electron chi connectivity index (χ3n) is 3.82. The number of hydrogen-bond acceptors (Lipinski definition) is 5. The summed E-state index contributed by atoms with van der Waals surface area (Å²) in [6.07, 6.45) is 0.697. The lowest BCUT2D eigenvalue weighted by atomic mass is 10.1. The zero-order chi connectivity index (χ0) is 20.4. The van der Waals surface area contributed by atoms with E-state index in [1.807, 2.05) is 0 Å². The smallest absolute Gasteiger partial charge is 0.312 e. The summed E-state index contributed by atoms with van der Waals surface area (Å²) in [6.45, 7) is 5.43. The van der Waals surface area contributed by atoms with E-state index in [1.54, 1.807) is 31.2 Å². The number of anilines is 1. The Morgan fingerprint density at radius 1 is 1.19 bits per heavy atom. The number of aliphatic hydroxyl groups is 1. The highest BCUT2D eigenvalue weighted by molar-refractivity contribution is 5.98. The summed E-state index contributed by atoms with van der Waals surface area (Å²) in [5, 5.41) is 16.8. The van der Waals surface area contributed by atoms with Crippen LogP contribution in [0.25, 0.3) is 0 Å². The molecular weight excluding hydrogens is 350 g/mol. The van der Waals surface area contributed by atoms with Crippen molar-refractivity contribution < 1.29 is 19.5 Å². The van der Waals surface area contributed by atoms with E-state index in [9.17, 15) is 14.4 Å². The predicted molar refractivity (Wildman–Crippen MR) is 103 cm³/mol. The molecule has 0 aliphatic heterocycles. The Labute approximate surface area is 158 Å². The number of nitrogens with one attached hydrogen (secondary N) is 3.